The molecule has 0 radical (unpaired) electrons. The molecule has 0 unspecified atom stereocenters. The van der Waals surface area contributed by atoms with Gasteiger partial charge in [0, 0.05) is 5.69 Å². The highest BCUT2D eigenvalue weighted by Gasteiger charge is 2.14. The van der Waals surface area contributed by atoms with Crippen LogP contribution in [0.15, 0.2) is 18.2 Å². The maximum absolute atomic E-state index is 11.5. The fourth-order valence-electron chi connectivity index (χ4n) is 1.08. The van der Waals surface area contributed by atoms with Crippen LogP contribution < -0.4 is 16.8 Å². The highest BCUT2D eigenvalue weighted by Crippen LogP contribution is 2.19. The summed E-state index contributed by atoms with van der Waals surface area (Å²) in [5.74, 6) is -1.66. The van der Waals surface area contributed by atoms with E-state index in [0.717, 1.165) is 0 Å². The molecule has 18 heavy (non-hydrogen) atoms. The van der Waals surface area contributed by atoms with E-state index in [1.165, 1.54) is 18.2 Å². The normalized spacial score (nSPS) is 9.61. The number of carbonyl (C=O) groups excluding carboxylic acids is 3. The molecule has 0 aliphatic heterocycles. The number of primary amides is 1. The van der Waals surface area contributed by atoms with Crippen molar-refractivity contribution in [3.63, 3.8) is 0 Å². The van der Waals surface area contributed by atoms with Crippen molar-refractivity contribution in [2.75, 3.05) is 12.3 Å². The van der Waals surface area contributed by atoms with Gasteiger partial charge in [-0.25, -0.2) is 9.59 Å². The van der Waals surface area contributed by atoms with Gasteiger partial charge in [-0.15, -0.1) is 0 Å². The van der Waals surface area contributed by atoms with Crippen molar-refractivity contribution in [3.8, 4) is 0 Å². The number of rotatable bonds is 3. The predicted molar refractivity (Wildman–Crippen MR) is 63.9 cm³/mol. The Kier molecular flexibility index (Phi) is 4.50. The van der Waals surface area contributed by atoms with Crippen molar-refractivity contribution in [2.45, 2.75) is 0 Å². The van der Waals surface area contributed by atoms with Crippen LogP contribution >= 0.6 is 11.6 Å². The van der Waals surface area contributed by atoms with Crippen molar-refractivity contribution in [1.82, 2.24) is 5.32 Å². The summed E-state index contributed by atoms with van der Waals surface area (Å²) in [6.07, 6.45) is 0. The Morgan fingerprint density at radius 3 is 2.61 bits per heavy atom. The van der Waals surface area contributed by atoms with E-state index in [4.69, 9.17) is 23.1 Å². The van der Waals surface area contributed by atoms with Gasteiger partial charge >= 0.3 is 12.0 Å². The molecule has 0 heterocycles. The zero-order valence-electron chi connectivity index (χ0n) is 9.10. The van der Waals surface area contributed by atoms with Gasteiger partial charge in [-0.1, -0.05) is 11.6 Å². The summed E-state index contributed by atoms with van der Waals surface area (Å²) in [5, 5.41) is 1.88. The molecule has 0 spiro atoms. The molecule has 0 fully saturated rings. The zero-order valence-corrected chi connectivity index (χ0v) is 9.86. The van der Waals surface area contributed by atoms with Crippen molar-refractivity contribution in [3.05, 3.63) is 28.8 Å². The number of amides is 3. The summed E-state index contributed by atoms with van der Waals surface area (Å²) in [4.78, 5) is 32.9. The minimum Gasteiger partial charge on any atom is -0.452 e. The van der Waals surface area contributed by atoms with Crippen LogP contribution in [0.1, 0.15) is 10.4 Å². The fourth-order valence-corrected chi connectivity index (χ4v) is 1.28. The number of hydrogen-bond acceptors (Lipinski definition) is 5. The van der Waals surface area contributed by atoms with Gasteiger partial charge < -0.3 is 16.2 Å². The van der Waals surface area contributed by atoms with Crippen molar-refractivity contribution < 1.29 is 19.1 Å². The van der Waals surface area contributed by atoms with Crippen LogP contribution in [0.3, 0.4) is 0 Å². The predicted octanol–water partition coefficient (Wildman–Crippen LogP) is 0.274. The lowest BCUT2D eigenvalue weighted by atomic mass is 10.2. The second-order valence-electron chi connectivity index (χ2n) is 3.23. The number of carbonyl (C=O) groups is 3. The molecule has 3 amide bonds. The Labute approximate surface area is 107 Å². The highest BCUT2D eigenvalue weighted by molar-refractivity contribution is 6.33. The monoisotopic (exact) mass is 271 g/mol. The second-order valence-corrected chi connectivity index (χ2v) is 3.64. The molecule has 7 nitrogen and oxygen atoms in total. The molecule has 0 saturated heterocycles. The first kappa shape index (κ1) is 13.8. The molecule has 96 valence electrons. The lowest BCUT2D eigenvalue weighted by Crippen LogP contribution is -2.37. The van der Waals surface area contributed by atoms with Crippen LogP contribution in [0.5, 0.6) is 0 Å². The van der Waals surface area contributed by atoms with Crippen LogP contribution in [-0.4, -0.2) is 24.5 Å². The maximum atomic E-state index is 11.5. The smallest absolute Gasteiger partial charge is 0.340 e. The third-order valence-corrected chi connectivity index (χ3v) is 2.14. The van der Waals surface area contributed by atoms with Crippen molar-refractivity contribution in [2.24, 2.45) is 5.73 Å². The average molecular weight is 272 g/mol. The number of halogens is 1. The molecular formula is C10H10ClN3O4. The van der Waals surface area contributed by atoms with Crippen LogP contribution in [0.2, 0.25) is 5.02 Å². The van der Waals surface area contributed by atoms with Crippen LogP contribution in [0.25, 0.3) is 0 Å². The Bertz CT molecular complexity index is 504. The topological polar surface area (TPSA) is 125 Å². The third kappa shape index (κ3) is 3.95. The lowest BCUT2D eigenvalue weighted by Gasteiger charge is -2.06. The Morgan fingerprint density at radius 1 is 1.33 bits per heavy atom. The Morgan fingerprint density at radius 2 is 2.00 bits per heavy atom. The van der Waals surface area contributed by atoms with E-state index in [9.17, 15) is 14.4 Å². The number of hydrogen-bond donors (Lipinski definition) is 3. The highest BCUT2D eigenvalue weighted by atomic mass is 35.5. The number of nitrogens with one attached hydrogen (secondary N) is 1. The summed E-state index contributed by atoms with van der Waals surface area (Å²) in [6, 6.07) is 3.23. The first-order chi connectivity index (χ1) is 8.40. The summed E-state index contributed by atoms with van der Waals surface area (Å²) < 4.78 is 4.63. The van der Waals surface area contributed by atoms with E-state index in [1.54, 1.807) is 5.32 Å². The summed E-state index contributed by atoms with van der Waals surface area (Å²) in [6.45, 7) is -0.646. The molecular weight excluding hydrogens is 262 g/mol. The van der Waals surface area contributed by atoms with E-state index >= 15 is 0 Å². The number of esters is 1. The van der Waals surface area contributed by atoms with Gasteiger partial charge in [0.1, 0.15) is 0 Å². The number of ether oxygens (including phenoxy) is 1. The largest absolute Gasteiger partial charge is 0.452 e. The average Bonchev–Trinajstić information content (AvgIpc) is 2.28. The zero-order chi connectivity index (χ0) is 13.7. The summed E-state index contributed by atoms with van der Waals surface area (Å²) in [7, 11) is 0. The fraction of sp³-hybridized carbons (Fsp3) is 0.100. The number of nitrogen functional groups attached to an aromatic ring is 1. The molecule has 5 N–H and O–H groups in total. The third-order valence-electron chi connectivity index (χ3n) is 1.81. The minimum absolute atomic E-state index is 0.0311. The summed E-state index contributed by atoms with van der Waals surface area (Å²) >= 11 is 5.76. The van der Waals surface area contributed by atoms with Gasteiger partial charge in [-0.2, -0.15) is 0 Å². The molecule has 0 aliphatic carbocycles. The van der Waals surface area contributed by atoms with Crippen LogP contribution in [0.4, 0.5) is 10.5 Å². The molecule has 0 aliphatic rings. The molecule has 1 rings (SSSR count). The standard InChI is InChI=1S/C10H10ClN3O4/c11-7-2-1-5(12)3-6(7)9(16)18-4-8(15)14-10(13)17/h1-3H,4,12H2,(H3,13,14,15,17). The second kappa shape index (κ2) is 5.87. The molecule has 0 aromatic heterocycles. The number of anilines is 1. The van der Waals surface area contributed by atoms with E-state index in [0.29, 0.717) is 5.69 Å². The molecule has 1 aromatic rings. The number of imide groups is 1. The van der Waals surface area contributed by atoms with Crippen LogP contribution in [-0.2, 0) is 9.53 Å². The number of nitrogens with two attached hydrogens (primary N) is 2. The van der Waals surface area contributed by atoms with E-state index in [2.05, 4.69) is 4.74 Å². The minimum atomic E-state index is -1.03. The van der Waals surface area contributed by atoms with Crippen molar-refractivity contribution in [1.29, 1.82) is 0 Å². The molecule has 0 atom stereocenters. The molecule has 1 aromatic carbocycles. The van der Waals surface area contributed by atoms with Gasteiger partial charge in [0.25, 0.3) is 5.91 Å². The van der Waals surface area contributed by atoms with Crippen LogP contribution in [0, 0.1) is 0 Å². The Hall–Kier alpha value is -2.28. The van der Waals surface area contributed by atoms with E-state index < -0.39 is 24.5 Å². The molecule has 8 heteroatoms. The molecule has 0 bridgehead atoms. The SMILES string of the molecule is NC(=O)NC(=O)COC(=O)c1cc(N)ccc1Cl. The first-order valence-corrected chi connectivity index (χ1v) is 5.09. The maximum Gasteiger partial charge on any atom is 0.340 e. The number of urea groups is 1. The van der Waals surface area contributed by atoms with E-state index in [-0.39, 0.29) is 10.6 Å². The quantitative estimate of drug-likeness (QED) is 0.538. The lowest BCUT2D eigenvalue weighted by molar-refractivity contribution is -0.123. The van der Waals surface area contributed by atoms with E-state index in [1.807, 2.05) is 0 Å². The van der Waals surface area contributed by atoms with Gasteiger partial charge in [-0.05, 0) is 18.2 Å². The first-order valence-electron chi connectivity index (χ1n) is 4.71. The summed E-state index contributed by atoms with van der Waals surface area (Å²) in [5.41, 5.74) is 10.5. The number of benzene rings is 1. The van der Waals surface area contributed by atoms with Gasteiger partial charge in [0.2, 0.25) is 0 Å². The van der Waals surface area contributed by atoms with Gasteiger partial charge in [-0.3, -0.25) is 10.1 Å². The Balaban J connectivity index is 2.63. The van der Waals surface area contributed by atoms with Gasteiger partial charge in [0.15, 0.2) is 6.61 Å². The van der Waals surface area contributed by atoms with Crippen molar-refractivity contribution >= 4 is 35.2 Å². The molecule has 0 saturated carbocycles. The van der Waals surface area contributed by atoms with Gasteiger partial charge in [0.05, 0.1) is 10.6 Å².